The highest BCUT2D eigenvalue weighted by Crippen LogP contribution is 2.28. The molecule has 0 spiro atoms. The predicted octanol–water partition coefficient (Wildman–Crippen LogP) is 2.99. The van der Waals surface area contributed by atoms with Crippen LogP contribution in [0.15, 0.2) is 36.4 Å². The van der Waals surface area contributed by atoms with Crippen molar-refractivity contribution < 1.29 is 27.1 Å². The van der Waals surface area contributed by atoms with Gasteiger partial charge in [-0.05, 0) is 29.8 Å². The molecule has 2 N–H and O–H groups in total. The third-order valence-electron chi connectivity index (χ3n) is 5.34. The quantitative estimate of drug-likeness (QED) is 0.440. The fourth-order valence-electron chi connectivity index (χ4n) is 3.63. The summed E-state index contributed by atoms with van der Waals surface area (Å²) in [4.78, 5) is 13.7. The molecule has 2 aromatic carbocycles. The molecule has 2 atom stereocenters. The lowest BCUT2D eigenvalue weighted by molar-refractivity contribution is 0.0600. The Morgan fingerprint density at radius 3 is 2.56 bits per heavy atom. The van der Waals surface area contributed by atoms with E-state index in [0.717, 1.165) is 19.2 Å². The Balaban J connectivity index is 1.87. The zero-order valence-corrected chi connectivity index (χ0v) is 19.0. The second kappa shape index (κ2) is 11.3. The smallest absolute Gasteiger partial charge is 0.337 e. The first-order chi connectivity index (χ1) is 15.3. The van der Waals surface area contributed by atoms with E-state index in [-0.39, 0.29) is 35.3 Å². The molecule has 1 aliphatic heterocycles. The molecule has 1 saturated heterocycles. The molecule has 3 rings (SSSR count). The zero-order chi connectivity index (χ0) is 23.3. The van der Waals surface area contributed by atoms with Crippen molar-refractivity contribution in [1.29, 1.82) is 0 Å². The van der Waals surface area contributed by atoms with Crippen LogP contribution in [0, 0.1) is 11.6 Å². The van der Waals surface area contributed by atoms with E-state index in [1.165, 1.54) is 35.7 Å². The van der Waals surface area contributed by atoms with Gasteiger partial charge in [-0.25, -0.2) is 17.8 Å². The van der Waals surface area contributed by atoms with Gasteiger partial charge in [0.2, 0.25) is 11.3 Å². The summed E-state index contributed by atoms with van der Waals surface area (Å²) in [6.07, 6.45) is 0. The first kappa shape index (κ1) is 24.7. The van der Waals surface area contributed by atoms with Crippen LogP contribution in [0.1, 0.15) is 27.5 Å². The third kappa shape index (κ3) is 6.09. The molecule has 0 amide bonds. The number of rotatable bonds is 8. The summed E-state index contributed by atoms with van der Waals surface area (Å²) in [5.74, 6) is -1.92. The Morgan fingerprint density at radius 2 is 1.97 bits per heavy atom. The maximum absolute atomic E-state index is 14.6. The molecular formula is C21H24ClF2N3O4S. The van der Waals surface area contributed by atoms with Crippen LogP contribution in [0.4, 0.5) is 8.78 Å². The number of hydrogen-bond acceptors (Lipinski definition) is 5. The van der Waals surface area contributed by atoms with Crippen LogP contribution in [-0.4, -0.2) is 63.8 Å². The van der Waals surface area contributed by atoms with Gasteiger partial charge in [0.1, 0.15) is 11.6 Å². The molecule has 1 fully saturated rings. The fraction of sp³-hybridized carbons (Fsp3) is 0.381. The van der Waals surface area contributed by atoms with E-state index in [1.54, 1.807) is 6.07 Å². The van der Waals surface area contributed by atoms with Crippen LogP contribution in [0.5, 0.6) is 0 Å². The SMILES string of the molecule is COC(=O)c1ccc(CN(CC(c2ccc(F)c(Cl)c2)N2CCNCC2)S(=O)O)c(F)c1. The third-order valence-corrected chi connectivity index (χ3v) is 6.35. The standard InChI is InChI=1S/C21H24ClF2N3O4S/c1-31-21(28)15-2-3-16(19(24)11-15)12-27(32(29)30)13-20(26-8-6-25-7-9-26)14-4-5-18(23)17(22)10-14/h2-5,10-11,20,25H,6-9,12-13H2,1H3,(H,29,30). The maximum Gasteiger partial charge on any atom is 0.337 e. The molecule has 2 aromatic rings. The normalized spacial score (nSPS) is 16.7. The zero-order valence-electron chi connectivity index (χ0n) is 17.4. The van der Waals surface area contributed by atoms with Crippen molar-refractivity contribution >= 4 is 28.8 Å². The minimum absolute atomic E-state index is 0.0382. The van der Waals surface area contributed by atoms with Crippen molar-refractivity contribution in [3.63, 3.8) is 0 Å². The van der Waals surface area contributed by atoms with Gasteiger partial charge in [-0.1, -0.05) is 23.7 Å². The Bertz CT molecular complexity index is 992. The van der Waals surface area contributed by atoms with E-state index in [0.29, 0.717) is 18.7 Å². The van der Waals surface area contributed by atoms with Crippen molar-refractivity contribution in [3.05, 3.63) is 69.7 Å². The molecule has 0 aliphatic carbocycles. The molecule has 0 bridgehead atoms. The number of carbonyl (C=O) groups is 1. The van der Waals surface area contributed by atoms with Crippen LogP contribution in [0.3, 0.4) is 0 Å². The van der Waals surface area contributed by atoms with Gasteiger partial charge >= 0.3 is 5.97 Å². The summed E-state index contributed by atoms with van der Waals surface area (Å²) >= 11 is 3.57. The Kier molecular flexibility index (Phi) is 8.69. The highest BCUT2D eigenvalue weighted by molar-refractivity contribution is 7.76. The molecule has 0 aromatic heterocycles. The number of piperazine rings is 1. The molecule has 2 unspecified atom stereocenters. The van der Waals surface area contributed by atoms with Gasteiger partial charge < -0.3 is 10.1 Å². The highest BCUT2D eigenvalue weighted by Gasteiger charge is 2.28. The van der Waals surface area contributed by atoms with Gasteiger partial charge in [0, 0.05) is 50.9 Å². The van der Waals surface area contributed by atoms with Crippen molar-refractivity contribution in [2.24, 2.45) is 0 Å². The summed E-state index contributed by atoms with van der Waals surface area (Å²) in [5.41, 5.74) is 0.886. The molecule has 0 saturated carbocycles. The molecule has 7 nitrogen and oxygen atoms in total. The van der Waals surface area contributed by atoms with Gasteiger partial charge in [0.05, 0.1) is 17.7 Å². The molecule has 32 heavy (non-hydrogen) atoms. The first-order valence-electron chi connectivity index (χ1n) is 9.92. The van der Waals surface area contributed by atoms with Gasteiger partial charge in [-0.2, -0.15) is 4.31 Å². The van der Waals surface area contributed by atoms with Crippen LogP contribution in [0.25, 0.3) is 0 Å². The number of benzene rings is 2. The lowest BCUT2D eigenvalue weighted by atomic mass is 10.0. The number of nitrogens with zero attached hydrogens (tertiary/aromatic N) is 2. The first-order valence-corrected chi connectivity index (χ1v) is 11.4. The molecule has 0 radical (unpaired) electrons. The molecule has 174 valence electrons. The molecule has 11 heteroatoms. The second-order valence-electron chi connectivity index (χ2n) is 7.33. The molecule has 1 heterocycles. The van der Waals surface area contributed by atoms with E-state index >= 15 is 0 Å². The highest BCUT2D eigenvalue weighted by atomic mass is 35.5. The number of nitrogens with one attached hydrogen (secondary N) is 1. The van der Waals surface area contributed by atoms with E-state index in [9.17, 15) is 22.3 Å². The summed E-state index contributed by atoms with van der Waals surface area (Å²) in [5, 5.41) is 3.21. The summed E-state index contributed by atoms with van der Waals surface area (Å²) in [7, 11) is 1.20. The number of methoxy groups -OCH3 is 1. The van der Waals surface area contributed by atoms with Crippen LogP contribution >= 0.6 is 11.6 Å². The van der Waals surface area contributed by atoms with Gasteiger partial charge in [0.15, 0.2) is 0 Å². The predicted molar refractivity (Wildman–Crippen MR) is 118 cm³/mol. The van der Waals surface area contributed by atoms with Crippen molar-refractivity contribution in [2.75, 3.05) is 39.8 Å². The van der Waals surface area contributed by atoms with E-state index in [4.69, 9.17) is 11.6 Å². The second-order valence-corrected chi connectivity index (χ2v) is 8.71. The van der Waals surface area contributed by atoms with Gasteiger partial charge in [-0.3, -0.25) is 9.45 Å². The topological polar surface area (TPSA) is 82.1 Å². The number of halogens is 3. The maximum atomic E-state index is 14.6. The Morgan fingerprint density at radius 1 is 1.25 bits per heavy atom. The number of carbonyl (C=O) groups excluding carboxylic acids is 1. The minimum Gasteiger partial charge on any atom is -0.465 e. The van der Waals surface area contributed by atoms with E-state index in [1.807, 2.05) is 0 Å². The average Bonchev–Trinajstić information content (AvgIpc) is 2.79. The van der Waals surface area contributed by atoms with Crippen molar-refractivity contribution in [1.82, 2.24) is 14.5 Å². The van der Waals surface area contributed by atoms with Crippen molar-refractivity contribution in [2.45, 2.75) is 12.6 Å². The number of esters is 1. The summed E-state index contributed by atoms with van der Waals surface area (Å²) in [6.45, 7) is 2.72. The lowest BCUT2D eigenvalue weighted by Crippen LogP contribution is -2.48. The van der Waals surface area contributed by atoms with Crippen molar-refractivity contribution in [3.8, 4) is 0 Å². The van der Waals surface area contributed by atoms with Crippen LogP contribution in [0.2, 0.25) is 5.02 Å². The Hall–Kier alpha value is -1.95. The lowest BCUT2D eigenvalue weighted by Gasteiger charge is -2.37. The van der Waals surface area contributed by atoms with E-state index < -0.39 is 28.9 Å². The van der Waals surface area contributed by atoms with Gasteiger partial charge in [-0.15, -0.1) is 0 Å². The number of ether oxygens (including phenoxy) is 1. The average molecular weight is 488 g/mol. The largest absolute Gasteiger partial charge is 0.465 e. The van der Waals surface area contributed by atoms with Crippen LogP contribution in [-0.2, 0) is 22.5 Å². The van der Waals surface area contributed by atoms with Gasteiger partial charge in [0.25, 0.3) is 0 Å². The molecule has 1 aliphatic rings. The summed E-state index contributed by atoms with van der Waals surface area (Å²) in [6, 6.07) is 7.81. The molecular weight excluding hydrogens is 464 g/mol. The Labute approximate surface area is 192 Å². The van der Waals surface area contributed by atoms with E-state index in [2.05, 4.69) is 15.0 Å². The minimum atomic E-state index is -2.41. The monoisotopic (exact) mass is 487 g/mol. The summed E-state index contributed by atoms with van der Waals surface area (Å²) < 4.78 is 56.1. The number of hydrogen-bond donors (Lipinski definition) is 2. The fourth-order valence-corrected chi connectivity index (χ4v) is 4.34. The van der Waals surface area contributed by atoms with Crippen LogP contribution < -0.4 is 5.32 Å².